The van der Waals surface area contributed by atoms with Crippen molar-refractivity contribution >= 4 is 0 Å². The summed E-state index contributed by atoms with van der Waals surface area (Å²) < 4.78 is 5.13. The molecule has 9 heavy (non-hydrogen) atoms. The molecule has 0 aromatic carbocycles. The van der Waals surface area contributed by atoms with E-state index < -0.39 is 0 Å². The molecular weight excluding hydrogens is 112 g/mol. The van der Waals surface area contributed by atoms with Gasteiger partial charge >= 0.3 is 0 Å². The van der Waals surface area contributed by atoms with Gasteiger partial charge in [-0.15, -0.1) is 6.58 Å². The minimum Gasteiger partial charge on any atom is -0.373 e. The van der Waals surface area contributed by atoms with Crippen molar-refractivity contribution in [1.82, 2.24) is 0 Å². The Morgan fingerprint density at radius 1 is 1.89 bits per heavy atom. The van der Waals surface area contributed by atoms with E-state index in [2.05, 4.69) is 13.5 Å². The maximum absolute atomic E-state index is 5.13. The predicted molar refractivity (Wildman–Crippen MR) is 38.3 cm³/mol. The van der Waals surface area contributed by atoms with E-state index in [-0.39, 0.29) is 0 Å². The molecule has 1 aliphatic heterocycles. The minimum absolute atomic E-state index is 0.574. The van der Waals surface area contributed by atoms with Gasteiger partial charge in [-0.05, 0) is 18.8 Å². The Hall–Kier alpha value is -0.300. The maximum Gasteiger partial charge on any atom is 0.0835 e. The van der Waals surface area contributed by atoms with Crippen LogP contribution in [0.4, 0.5) is 0 Å². The van der Waals surface area contributed by atoms with Gasteiger partial charge in [0.2, 0.25) is 0 Å². The van der Waals surface area contributed by atoms with Crippen LogP contribution in [-0.2, 0) is 4.74 Å². The molecule has 1 fully saturated rings. The summed E-state index contributed by atoms with van der Waals surface area (Å²) in [5.74, 6) is 0.739. The molecule has 0 saturated carbocycles. The van der Waals surface area contributed by atoms with Gasteiger partial charge in [0, 0.05) is 0 Å². The standard InChI is InChI=1S/C8H14O/c1-3-4-5-7(2)8-6-9-8/h3,7-8H,1,4-6H2,2H3/t7-,8+/m0/s1. The first-order valence-corrected chi connectivity index (χ1v) is 3.57. The van der Waals surface area contributed by atoms with Gasteiger partial charge in [-0.25, -0.2) is 0 Å². The molecule has 0 aromatic heterocycles. The molecule has 0 aliphatic carbocycles. The van der Waals surface area contributed by atoms with Crippen LogP contribution in [0, 0.1) is 5.92 Å². The normalized spacial score (nSPS) is 27.4. The highest BCUT2D eigenvalue weighted by Gasteiger charge is 2.28. The number of hydrogen-bond donors (Lipinski definition) is 0. The van der Waals surface area contributed by atoms with Crippen LogP contribution >= 0.6 is 0 Å². The zero-order chi connectivity index (χ0) is 6.69. The topological polar surface area (TPSA) is 12.5 Å². The Kier molecular flexibility index (Phi) is 2.29. The molecule has 1 rings (SSSR count). The zero-order valence-corrected chi connectivity index (χ0v) is 5.97. The number of ether oxygens (including phenoxy) is 1. The van der Waals surface area contributed by atoms with Crippen LogP contribution in [-0.4, -0.2) is 12.7 Å². The van der Waals surface area contributed by atoms with Crippen LogP contribution in [0.2, 0.25) is 0 Å². The van der Waals surface area contributed by atoms with Gasteiger partial charge in [0.15, 0.2) is 0 Å². The maximum atomic E-state index is 5.13. The van der Waals surface area contributed by atoms with E-state index in [1.807, 2.05) is 6.08 Å². The first-order chi connectivity index (χ1) is 4.34. The molecule has 2 atom stereocenters. The summed E-state index contributed by atoms with van der Waals surface area (Å²) in [6, 6.07) is 0. The number of epoxide rings is 1. The SMILES string of the molecule is C=CCC[C@H](C)[C@H]1CO1. The predicted octanol–water partition coefficient (Wildman–Crippen LogP) is 1.99. The highest BCUT2D eigenvalue weighted by Crippen LogP contribution is 2.23. The van der Waals surface area contributed by atoms with Gasteiger partial charge in [-0.2, -0.15) is 0 Å². The van der Waals surface area contributed by atoms with Crippen molar-refractivity contribution in [3.8, 4) is 0 Å². The van der Waals surface area contributed by atoms with E-state index >= 15 is 0 Å². The fourth-order valence-corrected chi connectivity index (χ4v) is 0.951. The van der Waals surface area contributed by atoms with Crippen LogP contribution < -0.4 is 0 Å². The van der Waals surface area contributed by atoms with Crippen molar-refractivity contribution in [2.75, 3.05) is 6.61 Å². The molecule has 1 heteroatoms. The lowest BCUT2D eigenvalue weighted by Crippen LogP contribution is -2.01. The van der Waals surface area contributed by atoms with E-state index in [1.165, 1.54) is 6.42 Å². The molecule has 1 nitrogen and oxygen atoms in total. The highest BCUT2D eigenvalue weighted by molar-refractivity contribution is 4.78. The molecule has 0 spiro atoms. The molecule has 0 radical (unpaired) electrons. The zero-order valence-electron chi connectivity index (χ0n) is 5.97. The summed E-state index contributed by atoms with van der Waals surface area (Å²) in [6.07, 6.45) is 4.90. The number of allylic oxidation sites excluding steroid dienone is 1. The average Bonchev–Trinajstić information content (AvgIpc) is 2.63. The summed E-state index contributed by atoms with van der Waals surface area (Å²) in [6.45, 7) is 6.89. The van der Waals surface area contributed by atoms with Crippen molar-refractivity contribution in [2.24, 2.45) is 5.92 Å². The average molecular weight is 126 g/mol. The summed E-state index contributed by atoms with van der Waals surface area (Å²) in [4.78, 5) is 0. The van der Waals surface area contributed by atoms with Crippen molar-refractivity contribution in [3.63, 3.8) is 0 Å². The molecule has 0 aromatic rings. The van der Waals surface area contributed by atoms with E-state index in [1.54, 1.807) is 0 Å². The highest BCUT2D eigenvalue weighted by atomic mass is 16.6. The Morgan fingerprint density at radius 3 is 3.00 bits per heavy atom. The quantitative estimate of drug-likeness (QED) is 0.414. The summed E-state index contributed by atoms with van der Waals surface area (Å²) in [5, 5.41) is 0. The van der Waals surface area contributed by atoms with Crippen molar-refractivity contribution in [2.45, 2.75) is 25.9 Å². The summed E-state index contributed by atoms with van der Waals surface area (Å²) in [5.41, 5.74) is 0. The van der Waals surface area contributed by atoms with Crippen LogP contribution in [0.15, 0.2) is 12.7 Å². The summed E-state index contributed by atoms with van der Waals surface area (Å²) in [7, 11) is 0. The smallest absolute Gasteiger partial charge is 0.0835 e. The summed E-state index contributed by atoms with van der Waals surface area (Å²) >= 11 is 0. The van der Waals surface area contributed by atoms with Gasteiger partial charge in [0.1, 0.15) is 0 Å². The first kappa shape index (κ1) is 6.81. The fraction of sp³-hybridized carbons (Fsp3) is 0.750. The molecular formula is C8H14O. The van der Waals surface area contributed by atoms with Crippen molar-refractivity contribution < 1.29 is 4.74 Å². The van der Waals surface area contributed by atoms with Crippen LogP contribution in [0.3, 0.4) is 0 Å². The van der Waals surface area contributed by atoms with E-state index in [4.69, 9.17) is 4.74 Å². The monoisotopic (exact) mass is 126 g/mol. The van der Waals surface area contributed by atoms with E-state index in [9.17, 15) is 0 Å². The molecule has 0 N–H and O–H groups in total. The Bertz CT molecular complexity index is 94.7. The molecule has 0 amide bonds. The minimum atomic E-state index is 0.574. The van der Waals surface area contributed by atoms with E-state index in [0.29, 0.717) is 6.10 Å². The first-order valence-electron chi connectivity index (χ1n) is 3.57. The number of hydrogen-bond acceptors (Lipinski definition) is 1. The Balaban J connectivity index is 2.02. The number of rotatable bonds is 4. The second-order valence-corrected chi connectivity index (χ2v) is 2.72. The van der Waals surface area contributed by atoms with Gasteiger partial charge in [-0.3, -0.25) is 0 Å². The van der Waals surface area contributed by atoms with Gasteiger partial charge in [0.05, 0.1) is 12.7 Å². The van der Waals surface area contributed by atoms with Crippen LogP contribution in [0.5, 0.6) is 0 Å². The van der Waals surface area contributed by atoms with Gasteiger partial charge < -0.3 is 4.74 Å². The molecule has 52 valence electrons. The van der Waals surface area contributed by atoms with Crippen LogP contribution in [0.1, 0.15) is 19.8 Å². The fourth-order valence-electron chi connectivity index (χ4n) is 0.951. The lowest BCUT2D eigenvalue weighted by molar-refractivity contribution is 0.332. The third-order valence-electron chi connectivity index (χ3n) is 1.82. The lowest BCUT2D eigenvalue weighted by Gasteiger charge is -2.03. The molecule has 1 saturated heterocycles. The third kappa shape index (κ3) is 2.19. The van der Waals surface area contributed by atoms with Gasteiger partial charge in [-0.1, -0.05) is 13.0 Å². The Labute approximate surface area is 56.7 Å². The molecule has 0 bridgehead atoms. The largest absolute Gasteiger partial charge is 0.373 e. The molecule has 0 unspecified atom stereocenters. The lowest BCUT2D eigenvalue weighted by atomic mass is 10.0. The van der Waals surface area contributed by atoms with E-state index in [0.717, 1.165) is 18.9 Å². The molecule has 1 heterocycles. The van der Waals surface area contributed by atoms with Crippen molar-refractivity contribution in [1.29, 1.82) is 0 Å². The molecule has 1 aliphatic rings. The Morgan fingerprint density at radius 2 is 2.56 bits per heavy atom. The van der Waals surface area contributed by atoms with Crippen molar-refractivity contribution in [3.05, 3.63) is 12.7 Å². The van der Waals surface area contributed by atoms with Crippen LogP contribution in [0.25, 0.3) is 0 Å². The second-order valence-electron chi connectivity index (χ2n) is 2.72. The van der Waals surface area contributed by atoms with Gasteiger partial charge in [0.25, 0.3) is 0 Å². The second kappa shape index (κ2) is 3.02. The third-order valence-corrected chi connectivity index (χ3v) is 1.82.